The number of hydrogen-bond donors (Lipinski definition) is 2. The Balaban J connectivity index is 3.70. The van der Waals surface area contributed by atoms with Crippen LogP contribution in [0.4, 0.5) is 0 Å². The zero-order valence-corrected chi connectivity index (χ0v) is 5.96. The molecule has 1 N–H and O–H groups in total. The molecular weight excluding hydrogens is 146 g/mol. The molecule has 0 aliphatic rings. The fourth-order valence-electron chi connectivity index (χ4n) is 0.180. The number of hydrogen-bond acceptors (Lipinski definition) is 2. The number of carbonyl (C=O) groups is 1. The number of amides is 1. The first-order chi connectivity index (χ1) is 3.66. The lowest BCUT2D eigenvalue weighted by Crippen LogP contribution is -2.14. The number of halogens is 1. The van der Waals surface area contributed by atoms with Gasteiger partial charge in [0.25, 0.3) is 0 Å². The molecule has 0 saturated heterocycles. The Morgan fingerprint density at radius 2 is 2.38 bits per heavy atom. The van der Waals surface area contributed by atoms with E-state index in [9.17, 15) is 4.79 Å². The lowest BCUT2D eigenvalue weighted by atomic mass is 10.6. The van der Waals surface area contributed by atoms with E-state index < -0.39 is 0 Å². The average molecular weight is 152 g/mol. The number of carbonyl (C=O) groups excluding carboxylic acids is 1. The summed E-state index contributed by atoms with van der Waals surface area (Å²) >= 11 is 8.87. The van der Waals surface area contributed by atoms with Crippen LogP contribution in [0.5, 0.6) is 0 Å². The highest BCUT2D eigenvalue weighted by atomic mass is 35.5. The third-order valence-electron chi connectivity index (χ3n) is 0.497. The van der Waals surface area contributed by atoms with Gasteiger partial charge < -0.3 is 5.32 Å². The quantitative estimate of drug-likeness (QED) is 0.420. The molecular formula is C4H6ClNOS. The zero-order valence-electron chi connectivity index (χ0n) is 4.31. The van der Waals surface area contributed by atoms with Gasteiger partial charge >= 0.3 is 0 Å². The van der Waals surface area contributed by atoms with Gasteiger partial charge in [-0.05, 0) is 0 Å². The Bertz CT molecular complexity index is 119. The topological polar surface area (TPSA) is 29.1 Å². The van der Waals surface area contributed by atoms with E-state index in [1.165, 1.54) is 13.1 Å². The Morgan fingerprint density at radius 3 is 2.50 bits per heavy atom. The standard InChI is InChI=1S/C4H6ClNOS/c1-6-4(7)2-3(5)8/h2,8H,1H3,(H,6,7)/b3-2+. The van der Waals surface area contributed by atoms with Gasteiger partial charge in [0.1, 0.15) is 0 Å². The van der Waals surface area contributed by atoms with Gasteiger partial charge in [-0.1, -0.05) is 11.6 Å². The summed E-state index contributed by atoms with van der Waals surface area (Å²) in [5.74, 6) is -0.245. The summed E-state index contributed by atoms with van der Waals surface area (Å²) in [6.07, 6.45) is 1.19. The van der Waals surface area contributed by atoms with Crippen molar-refractivity contribution in [2.45, 2.75) is 0 Å². The first kappa shape index (κ1) is 7.85. The van der Waals surface area contributed by atoms with Gasteiger partial charge in [0.15, 0.2) is 0 Å². The molecule has 0 spiro atoms. The van der Waals surface area contributed by atoms with Crippen molar-refractivity contribution in [3.8, 4) is 0 Å². The van der Waals surface area contributed by atoms with Crippen LogP contribution in [-0.4, -0.2) is 13.0 Å². The summed E-state index contributed by atoms with van der Waals surface area (Å²) in [4.78, 5) is 10.3. The zero-order chi connectivity index (χ0) is 6.57. The predicted molar refractivity (Wildman–Crippen MR) is 37.0 cm³/mol. The van der Waals surface area contributed by atoms with Crippen molar-refractivity contribution in [3.05, 3.63) is 10.4 Å². The molecule has 0 aromatic heterocycles. The van der Waals surface area contributed by atoms with Crippen molar-refractivity contribution in [3.63, 3.8) is 0 Å². The van der Waals surface area contributed by atoms with E-state index in [2.05, 4.69) is 17.9 Å². The summed E-state index contributed by atoms with van der Waals surface area (Å²) in [6, 6.07) is 0. The molecule has 46 valence electrons. The van der Waals surface area contributed by atoms with E-state index >= 15 is 0 Å². The van der Waals surface area contributed by atoms with Gasteiger partial charge in [0, 0.05) is 13.1 Å². The molecule has 0 unspecified atom stereocenters. The SMILES string of the molecule is CNC(=O)/C=C(/S)Cl. The van der Waals surface area contributed by atoms with Crippen LogP contribution in [0.15, 0.2) is 10.4 Å². The van der Waals surface area contributed by atoms with Gasteiger partial charge in [-0.3, -0.25) is 4.79 Å². The number of nitrogens with one attached hydrogen (secondary N) is 1. The summed E-state index contributed by atoms with van der Waals surface area (Å²) in [6.45, 7) is 0. The molecule has 0 radical (unpaired) electrons. The molecule has 0 atom stereocenters. The molecule has 0 aliphatic carbocycles. The molecule has 0 rings (SSSR count). The minimum atomic E-state index is -0.245. The van der Waals surface area contributed by atoms with E-state index in [0.717, 1.165) is 0 Å². The van der Waals surface area contributed by atoms with Crippen molar-refractivity contribution in [2.75, 3.05) is 7.05 Å². The number of thiol groups is 1. The van der Waals surface area contributed by atoms with E-state index in [4.69, 9.17) is 11.6 Å². The molecule has 1 amide bonds. The minimum Gasteiger partial charge on any atom is -0.356 e. The highest BCUT2D eigenvalue weighted by Crippen LogP contribution is 2.03. The van der Waals surface area contributed by atoms with E-state index in [1.54, 1.807) is 0 Å². The maximum absolute atomic E-state index is 10.3. The highest BCUT2D eigenvalue weighted by molar-refractivity contribution is 7.86. The average Bonchev–Trinajstić information content (AvgIpc) is 1.65. The highest BCUT2D eigenvalue weighted by Gasteiger charge is 1.88. The molecule has 8 heavy (non-hydrogen) atoms. The fourth-order valence-corrected chi connectivity index (χ4v) is 0.397. The van der Waals surface area contributed by atoms with Gasteiger partial charge in [0.2, 0.25) is 5.91 Å². The smallest absolute Gasteiger partial charge is 0.245 e. The van der Waals surface area contributed by atoms with E-state index in [0.29, 0.717) is 0 Å². The van der Waals surface area contributed by atoms with Crippen molar-refractivity contribution < 1.29 is 4.79 Å². The van der Waals surface area contributed by atoms with Gasteiger partial charge in [-0.25, -0.2) is 0 Å². The third kappa shape index (κ3) is 4.02. The molecule has 0 heterocycles. The third-order valence-corrected chi connectivity index (χ3v) is 0.735. The normalized spacial score (nSPS) is 11.1. The van der Waals surface area contributed by atoms with Crippen molar-refractivity contribution in [1.82, 2.24) is 5.32 Å². The van der Waals surface area contributed by atoms with Crippen LogP contribution < -0.4 is 5.32 Å². The monoisotopic (exact) mass is 151 g/mol. The first-order valence-corrected chi connectivity index (χ1v) is 2.77. The molecule has 0 aromatic rings. The maximum atomic E-state index is 10.3. The summed E-state index contributed by atoms with van der Waals surface area (Å²) < 4.78 is 0.185. The second-order valence-corrected chi connectivity index (χ2v) is 2.23. The second kappa shape index (κ2) is 3.80. The molecule has 4 heteroatoms. The van der Waals surface area contributed by atoms with Crippen LogP contribution in [0.3, 0.4) is 0 Å². The Labute approximate surface area is 58.3 Å². The van der Waals surface area contributed by atoms with Gasteiger partial charge in [0.05, 0.1) is 4.36 Å². The fraction of sp³-hybridized carbons (Fsp3) is 0.250. The van der Waals surface area contributed by atoms with Crippen LogP contribution in [0.1, 0.15) is 0 Å². The molecule has 0 fully saturated rings. The van der Waals surface area contributed by atoms with Crippen LogP contribution in [0.25, 0.3) is 0 Å². The molecule has 0 bridgehead atoms. The predicted octanol–water partition coefficient (Wildman–Crippen LogP) is 0.742. The van der Waals surface area contributed by atoms with E-state index in [1.807, 2.05) is 0 Å². The Hall–Kier alpha value is -0.150. The summed E-state index contributed by atoms with van der Waals surface area (Å²) in [7, 11) is 1.52. The largest absolute Gasteiger partial charge is 0.356 e. The maximum Gasteiger partial charge on any atom is 0.245 e. The summed E-state index contributed by atoms with van der Waals surface area (Å²) in [5, 5.41) is 2.35. The van der Waals surface area contributed by atoms with Crippen LogP contribution in [-0.2, 0) is 4.79 Å². The molecule has 0 aliphatic heterocycles. The number of rotatable bonds is 1. The minimum absolute atomic E-state index is 0.185. The van der Waals surface area contributed by atoms with Gasteiger partial charge in [-0.2, -0.15) is 0 Å². The van der Waals surface area contributed by atoms with Crippen LogP contribution in [0, 0.1) is 0 Å². The molecule has 0 saturated carbocycles. The first-order valence-electron chi connectivity index (χ1n) is 1.94. The number of likely N-dealkylation sites (N-methyl/N-ethyl adjacent to an activating group) is 1. The van der Waals surface area contributed by atoms with Crippen molar-refractivity contribution in [1.29, 1.82) is 0 Å². The molecule has 0 aromatic carbocycles. The summed E-state index contributed by atoms with van der Waals surface area (Å²) in [5.41, 5.74) is 0. The lowest BCUT2D eigenvalue weighted by molar-refractivity contribution is -0.116. The van der Waals surface area contributed by atoms with E-state index in [-0.39, 0.29) is 10.3 Å². The van der Waals surface area contributed by atoms with Crippen LogP contribution >= 0.6 is 24.2 Å². The second-order valence-electron chi connectivity index (χ2n) is 1.08. The van der Waals surface area contributed by atoms with Crippen molar-refractivity contribution >= 4 is 30.1 Å². The molecule has 2 nitrogen and oxygen atoms in total. The lowest BCUT2D eigenvalue weighted by Gasteiger charge is -1.87. The Kier molecular flexibility index (Phi) is 3.73. The van der Waals surface area contributed by atoms with Crippen molar-refractivity contribution in [2.24, 2.45) is 0 Å². The van der Waals surface area contributed by atoms with Gasteiger partial charge in [-0.15, -0.1) is 12.6 Å². The Morgan fingerprint density at radius 1 is 1.88 bits per heavy atom. The van der Waals surface area contributed by atoms with Crippen LogP contribution in [0.2, 0.25) is 0 Å².